The van der Waals surface area contributed by atoms with Crippen molar-refractivity contribution in [1.29, 1.82) is 0 Å². The van der Waals surface area contributed by atoms with E-state index in [2.05, 4.69) is 5.32 Å². The second kappa shape index (κ2) is 6.47. The van der Waals surface area contributed by atoms with Crippen LogP contribution in [0.1, 0.15) is 15.9 Å². The summed E-state index contributed by atoms with van der Waals surface area (Å²) >= 11 is 0. The van der Waals surface area contributed by atoms with Crippen LogP contribution in [-0.2, 0) is 11.0 Å². The number of hydrogen-bond acceptors (Lipinski definition) is 2. The molecule has 0 fully saturated rings. The Bertz CT molecular complexity index is 744. The fraction of sp³-hybridized carbons (Fsp3) is 0.0667. The summed E-state index contributed by atoms with van der Waals surface area (Å²) in [7, 11) is 0. The van der Waals surface area contributed by atoms with E-state index in [0.717, 1.165) is 18.2 Å². The van der Waals surface area contributed by atoms with Gasteiger partial charge in [-0.1, -0.05) is 12.1 Å². The molecule has 0 aliphatic rings. The van der Waals surface area contributed by atoms with Crippen LogP contribution in [-0.4, -0.2) is 12.3 Å². The van der Waals surface area contributed by atoms with Crippen molar-refractivity contribution in [3.05, 3.63) is 59.4 Å². The van der Waals surface area contributed by atoms with E-state index >= 15 is 0 Å². The van der Waals surface area contributed by atoms with E-state index in [0.29, 0.717) is 6.07 Å². The molecule has 0 atom stereocenters. The van der Waals surface area contributed by atoms with Crippen LogP contribution in [0.5, 0.6) is 0 Å². The van der Waals surface area contributed by atoms with Gasteiger partial charge in [-0.25, -0.2) is 4.39 Å². The minimum atomic E-state index is -4.77. The molecule has 0 radical (unpaired) electrons. The Hall–Kier alpha value is -2.90. The fourth-order valence-corrected chi connectivity index (χ4v) is 1.88. The van der Waals surface area contributed by atoms with Crippen LogP contribution in [0.4, 0.5) is 28.9 Å². The lowest BCUT2D eigenvalue weighted by Crippen LogP contribution is -2.18. The number of carbonyl (C=O) groups is 2. The van der Waals surface area contributed by atoms with Crippen molar-refractivity contribution in [2.24, 2.45) is 0 Å². The van der Waals surface area contributed by atoms with Crippen molar-refractivity contribution in [3.63, 3.8) is 0 Å². The molecule has 2 N–H and O–H groups in total. The zero-order chi connectivity index (χ0) is 17.0. The van der Waals surface area contributed by atoms with Crippen molar-refractivity contribution >= 4 is 23.7 Å². The van der Waals surface area contributed by atoms with E-state index in [-0.39, 0.29) is 17.7 Å². The first-order chi connectivity index (χ1) is 10.8. The minimum Gasteiger partial charge on any atom is -0.329 e. The first-order valence-corrected chi connectivity index (χ1v) is 6.30. The Balaban J connectivity index is 2.37. The third-order valence-electron chi connectivity index (χ3n) is 2.92. The van der Waals surface area contributed by atoms with Gasteiger partial charge in [-0.05, 0) is 30.3 Å². The summed E-state index contributed by atoms with van der Waals surface area (Å²) in [6.07, 6.45) is -4.54. The smallest absolute Gasteiger partial charge is 0.329 e. The second-order valence-corrected chi connectivity index (χ2v) is 4.45. The molecule has 2 rings (SSSR count). The zero-order valence-corrected chi connectivity index (χ0v) is 11.4. The lowest BCUT2D eigenvalue weighted by atomic mass is 10.1. The van der Waals surface area contributed by atoms with Gasteiger partial charge in [0.2, 0.25) is 6.41 Å². The molecule has 120 valence electrons. The molecular formula is C15H10F4N2O2. The summed E-state index contributed by atoms with van der Waals surface area (Å²) in [4.78, 5) is 22.3. The molecule has 0 heterocycles. The number of halogens is 4. The number of nitrogens with one attached hydrogen (secondary N) is 2. The normalized spacial score (nSPS) is 11.0. The van der Waals surface area contributed by atoms with Gasteiger partial charge in [0.25, 0.3) is 5.91 Å². The Morgan fingerprint density at radius 1 is 1.09 bits per heavy atom. The van der Waals surface area contributed by atoms with Crippen LogP contribution in [0, 0.1) is 5.82 Å². The maximum absolute atomic E-state index is 13.5. The highest BCUT2D eigenvalue weighted by Crippen LogP contribution is 2.36. The first-order valence-electron chi connectivity index (χ1n) is 6.30. The van der Waals surface area contributed by atoms with Gasteiger partial charge in [-0.3, -0.25) is 9.59 Å². The van der Waals surface area contributed by atoms with Gasteiger partial charge in [0.1, 0.15) is 5.82 Å². The summed E-state index contributed by atoms with van der Waals surface area (Å²) < 4.78 is 52.7. The highest BCUT2D eigenvalue weighted by Gasteiger charge is 2.34. The van der Waals surface area contributed by atoms with Crippen molar-refractivity contribution in [3.8, 4) is 0 Å². The van der Waals surface area contributed by atoms with Crippen molar-refractivity contribution in [2.45, 2.75) is 6.18 Å². The molecule has 2 aromatic rings. The molecule has 0 spiro atoms. The predicted molar refractivity (Wildman–Crippen MR) is 75.5 cm³/mol. The molecule has 4 nitrogen and oxygen atoms in total. The molecule has 0 aromatic heterocycles. The third kappa shape index (κ3) is 3.85. The summed E-state index contributed by atoms with van der Waals surface area (Å²) in [5.41, 5.74) is -2.16. The van der Waals surface area contributed by atoms with Gasteiger partial charge >= 0.3 is 6.18 Å². The van der Waals surface area contributed by atoms with Crippen LogP contribution in [0.2, 0.25) is 0 Å². The van der Waals surface area contributed by atoms with Crippen LogP contribution >= 0.6 is 0 Å². The Labute approximate surface area is 128 Å². The standard InChI is InChI=1S/C15H10F4N2O2/c16-12-4-2-1-3-10(12)14(23)21-13-6-5-9(20-8-22)7-11(13)15(17,18)19/h1-8H,(H,20,22)(H,21,23). The number of anilines is 2. The van der Waals surface area contributed by atoms with E-state index in [4.69, 9.17) is 0 Å². The SMILES string of the molecule is O=CNc1ccc(NC(=O)c2ccccc2F)c(C(F)(F)F)c1. The Morgan fingerprint density at radius 2 is 1.78 bits per heavy atom. The minimum absolute atomic E-state index is 0.0868. The van der Waals surface area contributed by atoms with E-state index in [1.165, 1.54) is 18.2 Å². The van der Waals surface area contributed by atoms with Crippen molar-refractivity contribution in [2.75, 3.05) is 10.6 Å². The fourth-order valence-electron chi connectivity index (χ4n) is 1.88. The van der Waals surface area contributed by atoms with Gasteiger partial charge in [0.15, 0.2) is 0 Å². The zero-order valence-electron chi connectivity index (χ0n) is 11.4. The quantitative estimate of drug-likeness (QED) is 0.665. The molecule has 0 unspecified atom stereocenters. The molecule has 0 saturated carbocycles. The summed E-state index contributed by atoms with van der Waals surface area (Å²) in [5, 5.41) is 4.12. The lowest BCUT2D eigenvalue weighted by Gasteiger charge is -2.15. The monoisotopic (exact) mass is 326 g/mol. The molecule has 23 heavy (non-hydrogen) atoms. The molecule has 0 aliphatic carbocycles. The van der Waals surface area contributed by atoms with E-state index in [1.807, 2.05) is 5.32 Å². The highest BCUT2D eigenvalue weighted by atomic mass is 19.4. The molecule has 8 heteroatoms. The van der Waals surface area contributed by atoms with Gasteiger partial charge in [-0.2, -0.15) is 13.2 Å². The van der Waals surface area contributed by atoms with Gasteiger partial charge < -0.3 is 10.6 Å². The maximum atomic E-state index is 13.5. The second-order valence-electron chi connectivity index (χ2n) is 4.45. The van der Waals surface area contributed by atoms with Gasteiger partial charge in [0.05, 0.1) is 16.8 Å². The molecule has 0 aliphatic heterocycles. The van der Waals surface area contributed by atoms with E-state index in [9.17, 15) is 27.2 Å². The van der Waals surface area contributed by atoms with Gasteiger partial charge in [0, 0.05) is 5.69 Å². The maximum Gasteiger partial charge on any atom is 0.418 e. The van der Waals surface area contributed by atoms with Gasteiger partial charge in [-0.15, -0.1) is 0 Å². The predicted octanol–water partition coefficient (Wildman–Crippen LogP) is 3.67. The molecule has 2 amide bonds. The summed E-state index contributed by atoms with van der Waals surface area (Å²) in [5.74, 6) is -1.86. The van der Waals surface area contributed by atoms with Crippen LogP contribution in [0.3, 0.4) is 0 Å². The molecule has 2 aromatic carbocycles. The van der Waals surface area contributed by atoms with E-state index < -0.39 is 29.2 Å². The molecular weight excluding hydrogens is 316 g/mol. The topological polar surface area (TPSA) is 58.2 Å². The number of rotatable bonds is 4. The number of amides is 2. The highest BCUT2D eigenvalue weighted by molar-refractivity contribution is 6.05. The average molecular weight is 326 g/mol. The van der Waals surface area contributed by atoms with Crippen molar-refractivity contribution in [1.82, 2.24) is 0 Å². The largest absolute Gasteiger partial charge is 0.418 e. The number of alkyl halides is 3. The van der Waals surface area contributed by atoms with Crippen LogP contribution in [0.15, 0.2) is 42.5 Å². The first kappa shape index (κ1) is 16.5. The molecule has 0 bridgehead atoms. The lowest BCUT2D eigenvalue weighted by molar-refractivity contribution is -0.136. The van der Waals surface area contributed by atoms with Crippen LogP contribution < -0.4 is 10.6 Å². The molecule has 0 saturated heterocycles. The van der Waals surface area contributed by atoms with Crippen LogP contribution in [0.25, 0.3) is 0 Å². The Kier molecular flexibility index (Phi) is 4.63. The van der Waals surface area contributed by atoms with Crippen molar-refractivity contribution < 1.29 is 27.2 Å². The number of benzene rings is 2. The average Bonchev–Trinajstić information content (AvgIpc) is 2.48. The number of carbonyl (C=O) groups excluding carboxylic acids is 2. The summed E-state index contributed by atoms with van der Waals surface area (Å²) in [6.45, 7) is 0. The Morgan fingerprint density at radius 3 is 2.39 bits per heavy atom. The number of hydrogen-bond donors (Lipinski definition) is 2. The third-order valence-corrected chi connectivity index (χ3v) is 2.92. The summed E-state index contributed by atoms with van der Waals surface area (Å²) in [6, 6.07) is 7.75. The van der Waals surface area contributed by atoms with E-state index in [1.54, 1.807) is 0 Å².